The molecule has 2 rings (SSSR count). The van der Waals surface area contributed by atoms with E-state index in [0.717, 1.165) is 13.1 Å². The minimum Gasteiger partial charge on any atom is -0.337 e. The molecule has 19 heavy (non-hydrogen) atoms. The molecule has 0 spiro atoms. The average Bonchev–Trinajstić information content (AvgIpc) is 2.40. The number of carbonyl (C=O) groups is 1. The number of carbonyl (C=O) groups excluding carboxylic acids is 1. The summed E-state index contributed by atoms with van der Waals surface area (Å²) in [4.78, 5) is 16.2. The zero-order valence-corrected chi connectivity index (χ0v) is 12.3. The van der Waals surface area contributed by atoms with E-state index in [1.807, 2.05) is 11.0 Å². The van der Waals surface area contributed by atoms with E-state index in [4.69, 9.17) is 0 Å². The lowest BCUT2D eigenvalue weighted by atomic mass is 9.99. The maximum Gasteiger partial charge on any atom is 0.219 e. The van der Waals surface area contributed by atoms with Crippen LogP contribution in [0.15, 0.2) is 30.3 Å². The van der Waals surface area contributed by atoms with Gasteiger partial charge >= 0.3 is 0 Å². The highest BCUT2D eigenvalue weighted by atomic mass is 16.2. The molecule has 0 aromatic heterocycles. The molecule has 1 saturated heterocycles. The highest BCUT2D eigenvalue weighted by Crippen LogP contribution is 2.23. The van der Waals surface area contributed by atoms with E-state index in [1.165, 1.54) is 5.56 Å². The third kappa shape index (κ3) is 2.98. The molecule has 3 unspecified atom stereocenters. The molecule has 3 heteroatoms. The Morgan fingerprint density at radius 2 is 1.79 bits per heavy atom. The lowest BCUT2D eigenvalue weighted by molar-refractivity contribution is -0.137. The molecule has 3 atom stereocenters. The van der Waals surface area contributed by atoms with Crippen molar-refractivity contribution in [3.05, 3.63) is 35.9 Å². The number of benzene rings is 1. The Balaban J connectivity index is 2.12. The van der Waals surface area contributed by atoms with Gasteiger partial charge in [0.1, 0.15) is 0 Å². The van der Waals surface area contributed by atoms with Gasteiger partial charge in [0.15, 0.2) is 0 Å². The Hall–Kier alpha value is -1.35. The standard InChI is InChI=1S/C16H24N2O/c1-12-10-18(15(4)19)14(3)13(2)17(12)11-16-8-6-5-7-9-16/h5-9,12-14H,10-11H2,1-4H3. The molecule has 0 radical (unpaired) electrons. The molecule has 1 aromatic carbocycles. The van der Waals surface area contributed by atoms with Gasteiger partial charge in [-0.1, -0.05) is 30.3 Å². The molecular formula is C16H24N2O. The van der Waals surface area contributed by atoms with Crippen LogP contribution in [0.1, 0.15) is 33.3 Å². The largest absolute Gasteiger partial charge is 0.337 e. The fourth-order valence-electron chi connectivity index (χ4n) is 3.00. The predicted molar refractivity (Wildman–Crippen MR) is 77.8 cm³/mol. The molecule has 0 bridgehead atoms. The van der Waals surface area contributed by atoms with Gasteiger partial charge in [0.25, 0.3) is 0 Å². The van der Waals surface area contributed by atoms with Crippen molar-refractivity contribution in [2.45, 2.75) is 52.4 Å². The Kier molecular flexibility index (Phi) is 4.25. The van der Waals surface area contributed by atoms with E-state index < -0.39 is 0 Å². The first kappa shape index (κ1) is 14.1. The van der Waals surface area contributed by atoms with Gasteiger partial charge in [-0.3, -0.25) is 9.69 Å². The minimum atomic E-state index is 0.186. The van der Waals surface area contributed by atoms with E-state index >= 15 is 0 Å². The lowest BCUT2D eigenvalue weighted by Crippen LogP contribution is -2.61. The summed E-state index contributed by atoms with van der Waals surface area (Å²) in [6.45, 7) is 10.0. The number of nitrogens with zero attached hydrogens (tertiary/aromatic N) is 2. The highest BCUT2D eigenvalue weighted by molar-refractivity contribution is 5.73. The number of amides is 1. The molecule has 1 amide bonds. The van der Waals surface area contributed by atoms with Crippen LogP contribution < -0.4 is 0 Å². The molecule has 1 aromatic rings. The molecule has 104 valence electrons. The van der Waals surface area contributed by atoms with Gasteiger partial charge in [0, 0.05) is 38.1 Å². The molecule has 1 fully saturated rings. The minimum absolute atomic E-state index is 0.186. The maximum absolute atomic E-state index is 11.7. The molecule has 3 nitrogen and oxygen atoms in total. The van der Waals surface area contributed by atoms with Crippen molar-refractivity contribution in [2.24, 2.45) is 0 Å². The Morgan fingerprint density at radius 3 is 2.37 bits per heavy atom. The van der Waals surface area contributed by atoms with E-state index in [-0.39, 0.29) is 11.9 Å². The summed E-state index contributed by atoms with van der Waals surface area (Å²) < 4.78 is 0. The monoisotopic (exact) mass is 260 g/mol. The fraction of sp³-hybridized carbons (Fsp3) is 0.562. The molecule has 0 aliphatic carbocycles. The highest BCUT2D eigenvalue weighted by Gasteiger charge is 2.35. The number of hydrogen-bond acceptors (Lipinski definition) is 2. The predicted octanol–water partition coefficient (Wildman–Crippen LogP) is 2.52. The fourth-order valence-corrected chi connectivity index (χ4v) is 3.00. The van der Waals surface area contributed by atoms with Crippen LogP contribution >= 0.6 is 0 Å². The molecule has 0 N–H and O–H groups in total. The van der Waals surface area contributed by atoms with E-state index in [2.05, 4.69) is 49.9 Å². The molecule has 1 heterocycles. The van der Waals surface area contributed by atoms with Crippen LogP contribution in [0.3, 0.4) is 0 Å². The summed E-state index contributed by atoms with van der Waals surface area (Å²) in [5, 5.41) is 0. The van der Waals surface area contributed by atoms with Crippen LogP contribution in [0.5, 0.6) is 0 Å². The lowest BCUT2D eigenvalue weighted by Gasteiger charge is -2.48. The van der Waals surface area contributed by atoms with Crippen LogP contribution in [0.2, 0.25) is 0 Å². The summed E-state index contributed by atoms with van der Waals surface area (Å²) in [5.41, 5.74) is 1.34. The zero-order chi connectivity index (χ0) is 14.0. The van der Waals surface area contributed by atoms with Crippen molar-refractivity contribution in [3.8, 4) is 0 Å². The van der Waals surface area contributed by atoms with E-state index in [0.29, 0.717) is 12.1 Å². The second kappa shape index (κ2) is 5.74. The van der Waals surface area contributed by atoms with Crippen LogP contribution in [-0.4, -0.2) is 40.4 Å². The Morgan fingerprint density at radius 1 is 1.16 bits per heavy atom. The van der Waals surface area contributed by atoms with Crippen molar-refractivity contribution in [1.29, 1.82) is 0 Å². The smallest absolute Gasteiger partial charge is 0.219 e. The topological polar surface area (TPSA) is 23.6 Å². The SMILES string of the molecule is CC(=O)N1CC(C)N(Cc2ccccc2)C(C)C1C. The summed E-state index contributed by atoms with van der Waals surface area (Å²) in [5.74, 6) is 0.186. The Labute approximate surface area is 116 Å². The second-order valence-corrected chi connectivity index (χ2v) is 5.66. The summed E-state index contributed by atoms with van der Waals surface area (Å²) in [6.07, 6.45) is 0. The molecular weight excluding hydrogens is 236 g/mol. The van der Waals surface area contributed by atoms with Crippen molar-refractivity contribution < 1.29 is 4.79 Å². The normalized spacial score (nSPS) is 28.4. The van der Waals surface area contributed by atoms with Gasteiger partial charge in [-0.2, -0.15) is 0 Å². The summed E-state index contributed by atoms with van der Waals surface area (Å²) in [6, 6.07) is 11.6. The first-order valence-electron chi connectivity index (χ1n) is 7.07. The van der Waals surface area contributed by atoms with Gasteiger partial charge < -0.3 is 4.90 Å². The van der Waals surface area contributed by atoms with Crippen molar-refractivity contribution in [3.63, 3.8) is 0 Å². The van der Waals surface area contributed by atoms with Crippen molar-refractivity contribution in [1.82, 2.24) is 9.80 Å². The van der Waals surface area contributed by atoms with Crippen molar-refractivity contribution in [2.75, 3.05) is 6.54 Å². The van der Waals surface area contributed by atoms with Crippen LogP contribution in [-0.2, 0) is 11.3 Å². The number of hydrogen-bond donors (Lipinski definition) is 0. The molecule has 1 aliphatic heterocycles. The van der Waals surface area contributed by atoms with Crippen LogP contribution in [0.25, 0.3) is 0 Å². The number of piperazine rings is 1. The van der Waals surface area contributed by atoms with Crippen molar-refractivity contribution >= 4 is 5.91 Å². The zero-order valence-electron chi connectivity index (χ0n) is 12.3. The first-order valence-corrected chi connectivity index (χ1v) is 7.07. The van der Waals surface area contributed by atoms with Gasteiger partial charge in [-0.05, 0) is 26.3 Å². The van der Waals surface area contributed by atoms with E-state index in [9.17, 15) is 4.79 Å². The van der Waals surface area contributed by atoms with Gasteiger partial charge in [0.05, 0.1) is 0 Å². The maximum atomic E-state index is 11.7. The van der Waals surface area contributed by atoms with Crippen LogP contribution in [0, 0.1) is 0 Å². The van der Waals surface area contributed by atoms with Gasteiger partial charge in [-0.25, -0.2) is 0 Å². The van der Waals surface area contributed by atoms with Crippen LogP contribution in [0.4, 0.5) is 0 Å². The second-order valence-electron chi connectivity index (χ2n) is 5.66. The molecule has 1 aliphatic rings. The third-order valence-corrected chi connectivity index (χ3v) is 4.35. The van der Waals surface area contributed by atoms with Gasteiger partial charge in [0.2, 0.25) is 5.91 Å². The summed E-state index contributed by atoms with van der Waals surface area (Å²) in [7, 11) is 0. The number of rotatable bonds is 2. The molecule has 0 saturated carbocycles. The average molecular weight is 260 g/mol. The van der Waals surface area contributed by atoms with Gasteiger partial charge in [-0.15, -0.1) is 0 Å². The quantitative estimate of drug-likeness (QED) is 0.816. The van der Waals surface area contributed by atoms with E-state index in [1.54, 1.807) is 6.92 Å². The Bertz CT molecular complexity index is 432. The summed E-state index contributed by atoms with van der Waals surface area (Å²) >= 11 is 0. The first-order chi connectivity index (χ1) is 9.00. The third-order valence-electron chi connectivity index (χ3n) is 4.35.